The van der Waals surface area contributed by atoms with Gasteiger partial charge in [-0.25, -0.2) is 4.98 Å². The van der Waals surface area contributed by atoms with Crippen LogP contribution >= 0.6 is 0 Å². The van der Waals surface area contributed by atoms with Crippen molar-refractivity contribution in [2.24, 2.45) is 0 Å². The second-order valence-electron chi connectivity index (χ2n) is 3.53. The average molecular weight is 201 g/mol. The first kappa shape index (κ1) is 8.35. The van der Waals surface area contributed by atoms with Crippen LogP contribution in [-0.2, 0) is 6.54 Å². The van der Waals surface area contributed by atoms with E-state index in [1.165, 1.54) is 5.56 Å². The summed E-state index contributed by atoms with van der Waals surface area (Å²) in [4.78, 5) is 4.22. The molecule has 0 amide bonds. The lowest BCUT2D eigenvalue weighted by Gasteiger charge is -2.20. The van der Waals surface area contributed by atoms with Gasteiger partial charge in [0.1, 0.15) is 5.75 Å². The molecule has 0 saturated heterocycles. The number of hydrogen-bond acceptors (Lipinski definition) is 3. The maximum atomic E-state index is 5.20. The molecule has 1 aliphatic heterocycles. The summed E-state index contributed by atoms with van der Waals surface area (Å²) in [6.07, 6.45) is 3.76. The van der Waals surface area contributed by atoms with E-state index in [9.17, 15) is 0 Å². The van der Waals surface area contributed by atoms with Crippen LogP contribution in [0.5, 0.6) is 5.75 Å². The van der Waals surface area contributed by atoms with E-state index in [0.717, 1.165) is 23.9 Å². The fourth-order valence-corrected chi connectivity index (χ4v) is 1.81. The highest BCUT2D eigenvalue weighted by atomic mass is 16.5. The number of nitrogens with zero attached hydrogens (tertiary/aromatic N) is 2. The monoisotopic (exact) mass is 201 g/mol. The fourth-order valence-electron chi connectivity index (χ4n) is 1.81. The zero-order chi connectivity index (χ0) is 10.3. The van der Waals surface area contributed by atoms with Gasteiger partial charge in [-0.1, -0.05) is 0 Å². The molecule has 0 atom stereocenters. The minimum atomic E-state index is 0.842. The maximum Gasteiger partial charge on any atom is 0.207 e. The predicted octanol–water partition coefficient (Wildman–Crippen LogP) is 2.00. The number of imidazole rings is 1. The van der Waals surface area contributed by atoms with Crippen molar-refractivity contribution < 1.29 is 4.74 Å². The van der Waals surface area contributed by atoms with Crippen LogP contribution in [-0.4, -0.2) is 16.7 Å². The molecule has 2 aromatic rings. The molecule has 0 fully saturated rings. The van der Waals surface area contributed by atoms with E-state index in [2.05, 4.69) is 14.9 Å². The molecule has 1 aliphatic rings. The average Bonchev–Trinajstić information content (AvgIpc) is 2.72. The summed E-state index contributed by atoms with van der Waals surface area (Å²) in [7, 11) is 1.68. The third-order valence-corrected chi connectivity index (χ3v) is 2.62. The molecule has 1 aromatic carbocycles. The van der Waals surface area contributed by atoms with E-state index in [0.29, 0.717) is 0 Å². The van der Waals surface area contributed by atoms with Crippen LogP contribution in [0.2, 0.25) is 0 Å². The van der Waals surface area contributed by atoms with Gasteiger partial charge in [0.05, 0.1) is 13.7 Å². The normalized spacial score (nSPS) is 12.6. The second-order valence-corrected chi connectivity index (χ2v) is 3.53. The zero-order valence-corrected chi connectivity index (χ0v) is 8.40. The summed E-state index contributed by atoms with van der Waals surface area (Å²) < 4.78 is 7.27. The van der Waals surface area contributed by atoms with Crippen LogP contribution < -0.4 is 10.1 Å². The molecule has 0 saturated carbocycles. The van der Waals surface area contributed by atoms with E-state index in [1.807, 2.05) is 24.4 Å². The van der Waals surface area contributed by atoms with Gasteiger partial charge in [0.25, 0.3) is 0 Å². The lowest BCUT2D eigenvalue weighted by Crippen LogP contribution is -2.12. The van der Waals surface area contributed by atoms with E-state index in [-0.39, 0.29) is 0 Å². The molecule has 0 bridgehead atoms. The zero-order valence-electron chi connectivity index (χ0n) is 8.40. The molecular weight excluding hydrogens is 190 g/mol. The lowest BCUT2D eigenvalue weighted by atomic mass is 10.1. The van der Waals surface area contributed by atoms with Gasteiger partial charge in [-0.3, -0.25) is 0 Å². The van der Waals surface area contributed by atoms with Gasteiger partial charge in [-0.05, 0) is 23.8 Å². The predicted molar refractivity (Wildman–Crippen MR) is 57.6 cm³/mol. The summed E-state index contributed by atoms with van der Waals surface area (Å²) in [5.41, 5.74) is 2.33. The van der Waals surface area contributed by atoms with E-state index >= 15 is 0 Å². The molecule has 0 radical (unpaired) electrons. The Kier molecular flexibility index (Phi) is 1.68. The molecule has 2 heterocycles. The fraction of sp³-hybridized carbons (Fsp3) is 0.182. The Bertz CT molecular complexity index is 504. The van der Waals surface area contributed by atoms with Crippen molar-refractivity contribution >= 4 is 11.6 Å². The maximum absolute atomic E-state index is 5.20. The van der Waals surface area contributed by atoms with E-state index in [1.54, 1.807) is 13.3 Å². The number of fused-ring (bicyclic) bond motifs is 2. The minimum absolute atomic E-state index is 0.842. The Morgan fingerprint density at radius 2 is 2.40 bits per heavy atom. The molecule has 76 valence electrons. The SMILES string of the molecule is COc1ccc2c(c1)Cn1ccnc1N2. The number of aromatic nitrogens is 2. The summed E-state index contributed by atoms with van der Waals surface area (Å²) >= 11 is 0. The number of anilines is 2. The van der Waals surface area contributed by atoms with Gasteiger partial charge >= 0.3 is 0 Å². The number of hydrogen-bond donors (Lipinski definition) is 1. The first-order valence-corrected chi connectivity index (χ1v) is 4.82. The van der Waals surface area contributed by atoms with Crippen LogP contribution in [0.3, 0.4) is 0 Å². The van der Waals surface area contributed by atoms with Gasteiger partial charge in [-0.15, -0.1) is 0 Å². The van der Waals surface area contributed by atoms with Gasteiger partial charge < -0.3 is 14.6 Å². The van der Waals surface area contributed by atoms with Crippen LogP contribution in [0.1, 0.15) is 5.56 Å². The summed E-state index contributed by atoms with van der Waals surface area (Å²) in [5, 5.41) is 3.27. The Morgan fingerprint density at radius 1 is 1.47 bits per heavy atom. The van der Waals surface area contributed by atoms with Crippen molar-refractivity contribution in [3.8, 4) is 5.75 Å². The molecule has 1 aromatic heterocycles. The van der Waals surface area contributed by atoms with Crippen LogP contribution in [0.15, 0.2) is 30.6 Å². The molecule has 15 heavy (non-hydrogen) atoms. The van der Waals surface area contributed by atoms with Crippen molar-refractivity contribution in [1.82, 2.24) is 9.55 Å². The van der Waals surface area contributed by atoms with Crippen molar-refractivity contribution in [3.63, 3.8) is 0 Å². The molecule has 0 spiro atoms. The number of methoxy groups -OCH3 is 1. The smallest absolute Gasteiger partial charge is 0.207 e. The van der Waals surface area contributed by atoms with Gasteiger partial charge in [0.15, 0.2) is 0 Å². The molecule has 4 heteroatoms. The number of rotatable bonds is 1. The highest BCUT2D eigenvalue weighted by molar-refractivity contribution is 5.63. The first-order valence-electron chi connectivity index (χ1n) is 4.82. The molecule has 1 N–H and O–H groups in total. The van der Waals surface area contributed by atoms with Crippen molar-refractivity contribution in [2.45, 2.75) is 6.54 Å². The van der Waals surface area contributed by atoms with Gasteiger partial charge in [0.2, 0.25) is 5.95 Å². The largest absolute Gasteiger partial charge is 0.497 e. The number of ether oxygens (including phenoxy) is 1. The first-order chi connectivity index (χ1) is 7.36. The molecule has 0 unspecified atom stereocenters. The molecular formula is C11H11N3O. The Morgan fingerprint density at radius 3 is 3.27 bits per heavy atom. The highest BCUT2D eigenvalue weighted by Crippen LogP contribution is 2.29. The van der Waals surface area contributed by atoms with Crippen molar-refractivity contribution in [3.05, 3.63) is 36.2 Å². The topological polar surface area (TPSA) is 39.1 Å². The highest BCUT2D eigenvalue weighted by Gasteiger charge is 2.14. The van der Waals surface area contributed by atoms with Crippen LogP contribution in [0.4, 0.5) is 11.6 Å². The summed E-state index contributed by atoms with van der Waals surface area (Å²) in [6, 6.07) is 6.02. The third kappa shape index (κ3) is 1.26. The van der Waals surface area contributed by atoms with Crippen molar-refractivity contribution in [2.75, 3.05) is 12.4 Å². The van der Waals surface area contributed by atoms with Crippen LogP contribution in [0.25, 0.3) is 0 Å². The summed E-state index contributed by atoms with van der Waals surface area (Å²) in [6.45, 7) is 0.842. The Hall–Kier alpha value is -1.97. The Labute approximate surface area is 87.5 Å². The van der Waals surface area contributed by atoms with E-state index < -0.39 is 0 Å². The second kappa shape index (κ2) is 3.02. The van der Waals surface area contributed by atoms with Gasteiger partial charge in [-0.2, -0.15) is 0 Å². The summed E-state index contributed by atoms with van der Waals surface area (Å²) in [5.74, 6) is 1.78. The number of nitrogens with one attached hydrogen (secondary N) is 1. The quantitative estimate of drug-likeness (QED) is 0.654. The van der Waals surface area contributed by atoms with Gasteiger partial charge in [0, 0.05) is 18.1 Å². The Balaban J connectivity index is 2.06. The molecule has 4 nitrogen and oxygen atoms in total. The van der Waals surface area contributed by atoms with Crippen molar-refractivity contribution in [1.29, 1.82) is 0 Å². The lowest BCUT2D eigenvalue weighted by molar-refractivity contribution is 0.414. The van der Waals surface area contributed by atoms with E-state index in [4.69, 9.17) is 4.74 Å². The molecule has 0 aliphatic carbocycles. The van der Waals surface area contributed by atoms with Crippen LogP contribution in [0, 0.1) is 0 Å². The third-order valence-electron chi connectivity index (χ3n) is 2.62. The standard InChI is InChI=1S/C11H11N3O/c1-15-9-2-3-10-8(6-9)7-14-5-4-12-11(14)13-10/h2-6H,7H2,1H3,(H,12,13). The molecule has 3 rings (SSSR count). The number of benzene rings is 1. The minimum Gasteiger partial charge on any atom is -0.497 e.